The van der Waals surface area contributed by atoms with Crippen LogP contribution in [0.25, 0.3) is 6.08 Å². The number of nitrogens with two attached hydrogens (primary N) is 1. The number of aliphatic hydroxyl groups is 1. The van der Waals surface area contributed by atoms with Crippen molar-refractivity contribution in [3.8, 4) is 0 Å². The Balaban J connectivity index is 1.10. The summed E-state index contributed by atoms with van der Waals surface area (Å²) in [7, 11) is 0. The molecule has 9 heterocycles. The quantitative estimate of drug-likeness (QED) is 0.296. The van der Waals surface area contributed by atoms with Gasteiger partial charge >= 0.3 is 11.9 Å². The highest BCUT2D eigenvalue weighted by Gasteiger charge is 2.93. The molecule has 0 radical (unpaired) electrons. The van der Waals surface area contributed by atoms with Crippen LogP contribution in [0.1, 0.15) is 116 Å². The zero-order chi connectivity index (χ0) is 42.3. The number of benzene rings is 2. The van der Waals surface area contributed by atoms with Crippen LogP contribution in [0, 0.1) is 52.3 Å². The Hall–Kier alpha value is -4.40. The van der Waals surface area contributed by atoms with Gasteiger partial charge in [0.2, 0.25) is 0 Å². The van der Waals surface area contributed by atoms with Crippen molar-refractivity contribution in [2.24, 2.45) is 58.0 Å². The molecule has 1 unspecified atom stereocenters. The molecule has 63 heavy (non-hydrogen) atoms. The Morgan fingerprint density at radius 1 is 0.968 bits per heavy atom. The lowest BCUT2D eigenvalue weighted by Crippen LogP contribution is -2.77. The predicted molar refractivity (Wildman–Crippen MR) is 240 cm³/mol. The molecule has 0 amide bonds. The van der Waals surface area contributed by atoms with Crippen molar-refractivity contribution in [2.75, 3.05) is 26.2 Å². The number of carbonyl (C=O) groups is 2. The number of hydrogen-bond acceptors (Lipinski definition) is 8. The number of carbonyl (C=O) groups excluding carboxylic acids is 2. The van der Waals surface area contributed by atoms with E-state index in [0.717, 1.165) is 81.3 Å². The third-order valence-corrected chi connectivity index (χ3v) is 19.7. The van der Waals surface area contributed by atoms with Crippen LogP contribution in [0.15, 0.2) is 88.1 Å². The van der Waals surface area contributed by atoms with Gasteiger partial charge < -0.3 is 25.2 Å². The average molecular weight is 844 g/mol. The minimum atomic E-state index is -1.20. The highest BCUT2D eigenvalue weighted by Crippen LogP contribution is 2.87. The topological polar surface area (TPSA) is 105 Å². The lowest BCUT2D eigenvalue weighted by Gasteiger charge is -2.71. The Labute approximate surface area is 371 Å². The van der Waals surface area contributed by atoms with Gasteiger partial charge in [-0.1, -0.05) is 78.3 Å². The van der Waals surface area contributed by atoms with E-state index in [4.69, 9.17) is 15.2 Å². The van der Waals surface area contributed by atoms with E-state index in [1.165, 1.54) is 40.7 Å². The minimum absolute atomic E-state index is 0.0539. The third-order valence-electron chi connectivity index (χ3n) is 19.7. The number of esters is 2. The second-order valence-corrected chi connectivity index (χ2v) is 22.3. The van der Waals surface area contributed by atoms with Crippen LogP contribution in [-0.4, -0.2) is 65.1 Å². The zero-order valence-corrected chi connectivity index (χ0v) is 37.0. The van der Waals surface area contributed by atoms with Crippen molar-refractivity contribution in [1.29, 1.82) is 0 Å². The molecule has 17 rings (SSSR count). The van der Waals surface area contributed by atoms with E-state index in [1.54, 1.807) is 11.3 Å². The van der Waals surface area contributed by atoms with Crippen LogP contribution >= 0.6 is 0 Å². The van der Waals surface area contributed by atoms with Crippen LogP contribution in [-0.2, 0) is 39.1 Å². The average Bonchev–Trinajstić information content (AvgIpc) is 3.62. The normalized spacial score (nSPS) is 43.0. The van der Waals surface area contributed by atoms with Gasteiger partial charge in [0, 0.05) is 61.2 Å². The van der Waals surface area contributed by atoms with Gasteiger partial charge in [-0.15, -0.1) is 0 Å². The Morgan fingerprint density at radius 3 is 2.73 bits per heavy atom. The molecule has 3 N–H and O–H groups in total. The number of hydrogen-bond donors (Lipinski definition) is 2. The van der Waals surface area contributed by atoms with Gasteiger partial charge in [-0.25, -0.2) is 4.79 Å². The van der Waals surface area contributed by atoms with Gasteiger partial charge in [0.1, 0.15) is 11.2 Å². The van der Waals surface area contributed by atoms with Gasteiger partial charge in [-0.2, -0.15) is 0 Å². The number of rotatable bonds is 3. The molecular weight excluding hydrogens is 783 g/mol. The van der Waals surface area contributed by atoms with Crippen LogP contribution in [0.5, 0.6) is 0 Å². The van der Waals surface area contributed by atoms with Crippen molar-refractivity contribution in [2.45, 2.75) is 115 Å². The molecule has 1 saturated carbocycles. The van der Waals surface area contributed by atoms with E-state index >= 15 is 4.79 Å². The SMILES string of the molecule is C[C@@H]1C/C(O)=C2\OC(=O)[C@@]34C5=C6CC[C@@]23[C@]2(OC(=O)c3c(CCCN)cccc32)[C@H]4C[C@@H]2C=Cc3c(cccc3CC(=C5)[C@H]3[C@@H]6C4=C(CC[C@H]5[C@H]6C[C@H](CN1C6)CN45)C[C@@H]3C)CC2. The molecule has 13 atom stereocenters. The summed E-state index contributed by atoms with van der Waals surface area (Å²) in [6, 6.07) is 13.8. The molecule has 8 heteroatoms. The van der Waals surface area contributed by atoms with Crippen LogP contribution < -0.4 is 5.73 Å². The lowest BCUT2D eigenvalue weighted by molar-refractivity contribution is -0.277. The fourth-order valence-electron chi connectivity index (χ4n) is 17.6. The van der Waals surface area contributed by atoms with E-state index in [9.17, 15) is 9.90 Å². The van der Waals surface area contributed by atoms with Crippen LogP contribution in [0.3, 0.4) is 0 Å². The van der Waals surface area contributed by atoms with E-state index in [-0.39, 0.29) is 35.6 Å². The fraction of sp³-hybridized carbons (Fsp3) is 0.564. The van der Waals surface area contributed by atoms with Crippen molar-refractivity contribution in [3.05, 3.63) is 121 Å². The second-order valence-electron chi connectivity index (χ2n) is 22.3. The number of ether oxygens (including phenoxy) is 2. The number of allylic oxidation sites excluding steroid dienone is 5. The van der Waals surface area contributed by atoms with Crippen LogP contribution in [0.4, 0.5) is 0 Å². The number of piperidine rings is 2. The molecule has 2 aromatic rings. The molecule has 3 spiro atoms. The van der Waals surface area contributed by atoms with Crippen LogP contribution in [0.2, 0.25) is 0 Å². The van der Waals surface area contributed by atoms with Gasteiger partial charge in [-0.05, 0) is 148 Å². The maximum Gasteiger partial charge on any atom is 0.339 e. The Morgan fingerprint density at radius 2 is 1.84 bits per heavy atom. The number of aliphatic hydroxyl groups excluding tert-OH is 1. The van der Waals surface area contributed by atoms with Crippen molar-refractivity contribution >= 4 is 18.0 Å². The van der Waals surface area contributed by atoms with Gasteiger partial charge in [-0.3, -0.25) is 9.69 Å². The highest BCUT2D eigenvalue weighted by atomic mass is 16.6. The standard InChI is InChI=1S/C55H61N3O5/c1-29-20-36-14-16-43-38-22-32-26-57(28-38)30(2)21-44(59)50-53-18-17-40-42-25-37(46(29)48(40)49(36)58(43)27-32)24-35-8-3-6-33-13-11-31(12-15-39(33)35)23-45(54(42,53)52(61)62-50)55(53)41-10-4-7-34(9-5-19-56)47(41)51(60)63-55/h3-4,6-8,10,12,15,25,29-32,38,43,45-46,48,59H,5,9,11,13-14,16-24,26-28,56H2,1-2H3/b50-44+/t29-,30+,31-,32+,38-,43-,45-,46-,48+,53+,54-,55+/m0/s1. The van der Waals surface area contributed by atoms with E-state index < -0.39 is 22.3 Å². The molecule has 8 nitrogen and oxygen atoms in total. The van der Waals surface area contributed by atoms with Crippen molar-refractivity contribution in [3.63, 3.8) is 0 Å². The first-order valence-corrected chi connectivity index (χ1v) is 24.8. The second kappa shape index (κ2) is 12.9. The molecule has 6 aliphatic carbocycles. The molecule has 15 bridgehead atoms. The zero-order valence-electron chi connectivity index (χ0n) is 37.0. The van der Waals surface area contributed by atoms with E-state index in [0.29, 0.717) is 73.3 Å². The molecule has 0 aromatic heterocycles. The summed E-state index contributed by atoms with van der Waals surface area (Å²) in [5.74, 6) is 1.86. The third kappa shape index (κ3) is 4.47. The van der Waals surface area contributed by atoms with E-state index in [1.807, 2.05) is 0 Å². The summed E-state index contributed by atoms with van der Waals surface area (Å²) in [5.41, 5.74) is 16.6. The summed E-state index contributed by atoms with van der Waals surface area (Å²) in [6.07, 6.45) is 18.7. The van der Waals surface area contributed by atoms with Gasteiger partial charge in [0.25, 0.3) is 0 Å². The molecule has 4 fully saturated rings. The van der Waals surface area contributed by atoms with Crippen molar-refractivity contribution in [1.82, 2.24) is 9.80 Å². The maximum atomic E-state index is 16.1. The lowest BCUT2D eigenvalue weighted by atomic mass is 9.28. The Kier molecular flexibility index (Phi) is 7.77. The molecule has 15 aliphatic rings. The summed E-state index contributed by atoms with van der Waals surface area (Å²) >= 11 is 0. The van der Waals surface area contributed by atoms with Gasteiger partial charge in [0.05, 0.1) is 11.0 Å². The fourth-order valence-corrected chi connectivity index (χ4v) is 17.6. The minimum Gasteiger partial charge on any atom is -0.509 e. The summed E-state index contributed by atoms with van der Waals surface area (Å²) in [6.45, 7) is 8.45. The highest BCUT2D eigenvalue weighted by molar-refractivity contribution is 6.00. The number of aryl methyl sites for hydroxylation is 2. The molecule has 2 aromatic carbocycles. The largest absolute Gasteiger partial charge is 0.509 e. The molecule has 3 saturated heterocycles. The van der Waals surface area contributed by atoms with E-state index in [2.05, 4.69) is 78.3 Å². The first-order chi connectivity index (χ1) is 30.7. The molecule has 9 aliphatic heterocycles. The summed E-state index contributed by atoms with van der Waals surface area (Å²) in [5, 5.41) is 13.0. The number of nitrogens with zero attached hydrogens (tertiary/aromatic N) is 2. The predicted octanol–water partition coefficient (Wildman–Crippen LogP) is 8.86. The Bertz CT molecular complexity index is 2620. The van der Waals surface area contributed by atoms with Gasteiger partial charge in [0.15, 0.2) is 11.4 Å². The first kappa shape index (κ1) is 37.9. The molecule has 326 valence electrons. The smallest absolute Gasteiger partial charge is 0.339 e. The maximum absolute atomic E-state index is 16.1. The summed E-state index contributed by atoms with van der Waals surface area (Å²) in [4.78, 5) is 36.7. The molecular formula is C55H61N3O5. The number of fused-ring (bicyclic) bond motifs is 5. The first-order valence-electron chi connectivity index (χ1n) is 24.8. The van der Waals surface area contributed by atoms with Crippen molar-refractivity contribution < 1.29 is 24.2 Å². The monoisotopic (exact) mass is 843 g/mol. The summed E-state index contributed by atoms with van der Waals surface area (Å²) < 4.78 is 14.2.